The molecule has 17 heavy (non-hydrogen) atoms. The Kier molecular flexibility index (Phi) is 5.75. The van der Waals surface area contributed by atoms with E-state index in [1.807, 2.05) is 0 Å². The van der Waals surface area contributed by atoms with Crippen molar-refractivity contribution in [2.75, 3.05) is 52.5 Å². The molecule has 2 heterocycles. The second-order valence-corrected chi connectivity index (χ2v) is 5.53. The summed E-state index contributed by atoms with van der Waals surface area (Å²) >= 11 is 0. The molecular formula is C14H28N2O. The Morgan fingerprint density at radius 2 is 1.53 bits per heavy atom. The molecule has 0 unspecified atom stereocenters. The van der Waals surface area contributed by atoms with Crippen LogP contribution in [0, 0.1) is 5.92 Å². The van der Waals surface area contributed by atoms with E-state index in [0.717, 1.165) is 19.1 Å². The lowest BCUT2D eigenvalue weighted by Gasteiger charge is -2.35. The fourth-order valence-electron chi connectivity index (χ4n) is 2.95. The molecule has 2 rings (SSSR count). The first-order chi connectivity index (χ1) is 8.38. The first-order valence-corrected chi connectivity index (χ1v) is 7.41. The lowest BCUT2D eigenvalue weighted by Crippen LogP contribution is -2.46. The van der Waals surface area contributed by atoms with E-state index in [1.54, 1.807) is 0 Å². The summed E-state index contributed by atoms with van der Waals surface area (Å²) in [5, 5.41) is 0. The Balaban J connectivity index is 1.57. The third-order valence-electron chi connectivity index (χ3n) is 4.20. The van der Waals surface area contributed by atoms with Gasteiger partial charge in [-0.15, -0.1) is 0 Å². The Morgan fingerprint density at radius 1 is 0.941 bits per heavy atom. The van der Waals surface area contributed by atoms with Crippen molar-refractivity contribution in [3.8, 4) is 0 Å². The predicted molar refractivity (Wildman–Crippen MR) is 71.3 cm³/mol. The largest absolute Gasteiger partial charge is 0.381 e. The van der Waals surface area contributed by atoms with E-state index < -0.39 is 0 Å². The normalized spacial score (nSPS) is 25.2. The molecule has 2 aliphatic rings. The summed E-state index contributed by atoms with van der Waals surface area (Å²) in [6.45, 7) is 12.0. The molecular weight excluding hydrogens is 212 g/mol. The second-order valence-electron chi connectivity index (χ2n) is 5.53. The van der Waals surface area contributed by atoms with Crippen molar-refractivity contribution in [3.05, 3.63) is 0 Å². The van der Waals surface area contributed by atoms with Crippen LogP contribution in [0.4, 0.5) is 0 Å². The standard InChI is InChI=1S/C14H28N2O/c1-2-6-15-8-10-16(11-9-15)7-3-14-4-12-17-13-5-14/h14H,2-13H2,1H3. The van der Waals surface area contributed by atoms with Crippen molar-refractivity contribution in [2.45, 2.75) is 32.6 Å². The summed E-state index contributed by atoms with van der Waals surface area (Å²) in [6.07, 6.45) is 5.25. The third-order valence-corrected chi connectivity index (χ3v) is 4.20. The molecule has 3 heteroatoms. The zero-order chi connectivity index (χ0) is 11.9. The third kappa shape index (κ3) is 4.57. The number of nitrogens with zero attached hydrogens (tertiary/aromatic N) is 2. The Bertz CT molecular complexity index is 196. The zero-order valence-corrected chi connectivity index (χ0v) is 11.4. The maximum atomic E-state index is 5.41. The van der Waals surface area contributed by atoms with Gasteiger partial charge in [0.15, 0.2) is 0 Å². The van der Waals surface area contributed by atoms with Gasteiger partial charge in [-0.05, 0) is 44.7 Å². The molecule has 0 spiro atoms. The highest BCUT2D eigenvalue weighted by Gasteiger charge is 2.18. The van der Waals surface area contributed by atoms with Gasteiger partial charge in [0.2, 0.25) is 0 Å². The van der Waals surface area contributed by atoms with Crippen LogP contribution in [-0.4, -0.2) is 62.3 Å². The minimum Gasteiger partial charge on any atom is -0.381 e. The van der Waals surface area contributed by atoms with Crippen LogP contribution in [0.1, 0.15) is 32.6 Å². The van der Waals surface area contributed by atoms with Gasteiger partial charge in [0.25, 0.3) is 0 Å². The van der Waals surface area contributed by atoms with Crippen LogP contribution in [0.25, 0.3) is 0 Å². The average molecular weight is 240 g/mol. The Morgan fingerprint density at radius 3 is 2.12 bits per heavy atom. The Hall–Kier alpha value is -0.120. The first-order valence-electron chi connectivity index (χ1n) is 7.41. The van der Waals surface area contributed by atoms with Crippen molar-refractivity contribution >= 4 is 0 Å². The van der Waals surface area contributed by atoms with Crippen LogP contribution in [0.15, 0.2) is 0 Å². The summed E-state index contributed by atoms with van der Waals surface area (Å²) < 4.78 is 5.41. The molecule has 0 radical (unpaired) electrons. The molecule has 2 aliphatic heterocycles. The molecule has 0 saturated carbocycles. The minimum atomic E-state index is 0.928. The van der Waals surface area contributed by atoms with Crippen molar-refractivity contribution < 1.29 is 4.74 Å². The number of hydrogen-bond donors (Lipinski definition) is 0. The number of ether oxygens (including phenoxy) is 1. The molecule has 0 bridgehead atoms. The molecule has 0 N–H and O–H groups in total. The highest BCUT2D eigenvalue weighted by Crippen LogP contribution is 2.19. The van der Waals surface area contributed by atoms with Crippen molar-refractivity contribution in [1.82, 2.24) is 9.80 Å². The van der Waals surface area contributed by atoms with Gasteiger partial charge < -0.3 is 14.5 Å². The van der Waals surface area contributed by atoms with Crippen LogP contribution in [-0.2, 0) is 4.74 Å². The molecule has 0 aromatic rings. The van der Waals surface area contributed by atoms with Crippen LogP contribution in [0.3, 0.4) is 0 Å². The van der Waals surface area contributed by atoms with E-state index >= 15 is 0 Å². The molecule has 2 saturated heterocycles. The summed E-state index contributed by atoms with van der Waals surface area (Å²) in [6, 6.07) is 0. The van der Waals surface area contributed by atoms with Gasteiger partial charge in [0.05, 0.1) is 0 Å². The highest BCUT2D eigenvalue weighted by atomic mass is 16.5. The number of hydrogen-bond acceptors (Lipinski definition) is 3. The summed E-state index contributed by atoms with van der Waals surface area (Å²) in [5.41, 5.74) is 0. The van der Waals surface area contributed by atoms with E-state index in [4.69, 9.17) is 4.74 Å². The summed E-state index contributed by atoms with van der Waals surface area (Å²) in [5.74, 6) is 0.928. The maximum absolute atomic E-state index is 5.41. The van der Waals surface area contributed by atoms with Gasteiger partial charge in [-0.3, -0.25) is 0 Å². The van der Waals surface area contributed by atoms with Gasteiger partial charge in [-0.25, -0.2) is 0 Å². The summed E-state index contributed by atoms with van der Waals surface area (Å²) in [7, 11) is 0. The van der Waals surface area contributed by atoms with Crippen LogP contribution in [0.2, 0.25) is 0 Å². The zero-order valence-electron chi connectivity index (χ0n) is 11.4. The molecule has 0 amide bonds. The van der Waals surface area contributed by atoms with E-state index in [-0.39, 0.29) is 0 Å². The SMILES string of the molecule is CCCN1CCN(CCC2CCOCC2)CC1. The minimum absolute atomic E-state index is 0.928. The molecule has 100 valence electrons. The maximum Gasteiger partial charge on any atom is 0.0468 e. The fourth-order valence-corrected chi connectivity index (χ4v) is 2.95. The van der Waals surface area contributed by atoms with Crippen molar-refractivity contribution in [2.24, 2.45) is 5.92 Å². The van der Waals surface area contributed by atoms with Crippen molar-refractivity contribution in [3.63, 3.8) is 0 Å². The van der Waals surface area contributed by atoms with E-state index in [1.165, 1.54) is 65.0 Å². The van der Waals surface area contributed by atoms with Gasteiger partial charge in [-0.2, -0.15) is 0 Å². The van der Waals surface area contributed by atoms with Gasteiger partial charge in [-0.1, -0.05) is 6.92 Å². The molecule has 0 aromatic heterocycles. The number of rotatable bonds is 5. The highest BCUT2D eigenvalue weighted by molar-refractivity contribution is 4.73. The Labute approximate surface area is 106 Å². The van der Waals surface area contributed by atoms with E-state index in [2.05, 4.69) is 16.7 Å². The van der Waals surface area contributed by atoms with Gasteiger partial charge in [0, 0.05) is 39.4 Å². The van der Waals surface area contributed by atoms with Crippen molar-refractivity contribution in [1.29, 1.82) is 0 Å². The molecule has 0 aromatic carbocycles. The lowest BCUT2D eigenvalue weighted by molar-refractivity contribution is 0.0562. The molecule has 0 aliphatic carbocycles. The smallest absolute Gasteiger partial charge is 0.0468 e. The second kappa shape index (κ2) is 7.34. The van der Waals surface area contributed by atoms with Gasteiger partial charge in [0.1, 0.15) is 0 Å². The molecule has 3 nitrogen and oxygen atoms in total. The van der Waals surface area contributed by atoms with Crippen LogP contribution in [0.5, 0.6) is 0 Å². The molecule has 0 atom stereocenters. The van der Waals surface area contributed by atoms with Gasteiger partial charge >= 0.3 is 0 Å². The fraction of sp³-hybridized carbons (Fsp3) is 1.00. The topological polar surface area (TPSA) is 15.7 Å². The van der Waals surface area contributed by atoms with E-state index in [0.29, 0.717) is 0 Å². The first kappa shape index (κ1) is 13.3. The van der Waals surface area contributed by atoms with Crippen LogP contribution < -0.4 is 0 Å². The molecule has 2 fully saturated rings. The lowest BCUT2D eigenvalue weighted by atomic mass is 9.96. The predicted octanol–water partition coefficient (Wildman–Crippen LogP) is 1.83. The monoisotopic (exact) mass is 240 g/mol. The number of piperazine rings is 1. The van der Waals surface area contributed by atoms with E-state index in [9.17, 15) is 0 Å². The summed E-state index contributed by atoms with van der Waals surface area (Å²) in [4.78, 5) is 5.26. The quantitative estimate of drug-likeness (QED) is 0.729. The average Bonchev–Trinajstić information content (AvgIpc) is 2.40. The van der Waals surface area contributed by atoms with Crippen LogP contribution >= 0.6 is 0 Å².